The van der Waals surface area contributed by atoms with Gasteiger partial charge in [-0.1, -0.05) is 6.07 Å². The van der Waals surface area contributed by atoms with Crippen LogP contribution in [-0.4, -0.2) is 16.5 Å². The van der Waals surface area contributed by atoms with E-state index < -0.39 is 9.92 Å². The highest BCUT2D eigenvalue weighted by atomic mass is 28.2. The Morgan fingerprint density at radius 3 is 3.40 bits per heavy atom. The number of rotatable bonds is 0. The van der Waals surface area contributed by atoms with Gasteiger partial charge in [-0.3, -0.25) is 4.23 Å². The molecule has 1 aliphatic rings. The molecule has 52 valence electrons. The third kappa shape index (κ3) is 0.977. The molecule has 3 heteroatoms. The van der Waals surface area contributed by atoms with Gasteiger partial charge in [0.05, 0.1) is 6.42 Å². The maximum atomic E-state index is 5.40. The van der Waals surface area contributed by atoms with Crippen LogP contribution in [0.25, 0.3) is 0 Å². The predicted molar refractivity (Wildman–Crippen MR) is 40.2 cm³/mol. The fraction of sp³-hybridized carbons (Fsp3) is 0.286. The summed E-state index contributed by atoms with van der Waals surface area (Å²) in [7, 11) is -0.426. The van der Waals surface area contributed by atoms with Gasteiger partial charge in [-0.25, -0.2) is 0 Å². The Morgan fingerprint density at radius 2 is 2.50 bits per heavy atom. The van der Waals surface area contributed by atoms with Crippen molar-refractivity contribution in [3.05, 3.63) is 30.1 Å². The Hall–Kier alpha value is -0.673. The van der Waals surface area contributed by atoms with Crippen molar-refractivity contribution < 1.29 is 8.66 Å². The summed E-state index contributed by atoms with van der Waals surface area (Å²) < 4.78 is 7.67. The molecule has 0 N–H and O–H groups in total. The van der Waals surface area contributed by atoms with Crippen molar-refractivity contribution in [1.82, 2.24) is 0 Å². The molecule has 2 nitrogen and oxygen atoms in total. The van der Waals surface area contributed by atoms with Crippen LogP contribution in [0.3, 0.4) is 0 Å². The van der Waals surface area contributed by atoms with E-state index in [0.717, 1.165) is 13.0 Å². The first-order chi connectivity index (χ1) is 4.97. The Kier molecular flexibility index (Phi) is 1.53. The zero-order chi connectivity index (χ0) is 6.81. The van der Waals surface area contributed by atoms with Gasteiger partial charge in [0.2, 0.25) is 0 Å². The Bertz CT molecular complexity index is 214. The number of fused-ring (bicyclic) bond motifs is 1. The quantitative estimate of drug-likeness (QED) is 0.452. The minimum atomic E-state index is -0.426. The lowest BCUT2D eigenvalue weighted by molar-refractivity contribution is -0.556. The van der Waals surface area contributed by atoms with Gasteiger partial charge >= 0.3 is 9.92 Å². The molecule has 0 unspecified atom stereocenters. The number of aromatic nitrogens is 1. The van der Waals surface area contributed by atoms with E-state index in [1.54, 1.807) is 0 Å². The smallest absolute Gasteiger partial charge is 0.367 e. The molecule has 0 spiro atoms. The van der Waals surface area contributed by atoms with Gasteiger partial charge in [0.1, 0.15) is 6.20 Å². The first kappa shape index (κ1) is 6.06. The zero-order valence-corrected chi connectivity index (χ0v) is 7.20. The van der Waals surface area contributed by atoms with E-state index in [1.165, 1.54) is 5.69 Å². The lowest BCUT2D eigenvalue weighted by atomic mass is 10.3. The molecule has 0 fully saturated rings. The minimum absolute atomic E-state index is 0.426. The molecule has 10 heavy (non-hydrogen) atoms. The summed E-state index contributed by atoms with van der Waals surface area (Å²) in [6.07, 6.45) is 3.19. The molecule has 0 aromatic carbocycles. The van der Waals surface area contributed by atoms with Gasteiger partial charge in [0, 0.05) is 18.7 Å². The van der Waals surface area contributed by atoms with E-state index in [1.807, 2.05) is 0 Å². The molecule has 2 heterocycles. The first-order valence-electron chi connectivity index (χ1n) is 3.52. The Labute approximate surface area is 62.5 Å². The summed E-state index contributed by atoms with van der Waals surface area (Å²) in [5.74, 6) is 0. The summed E-state index contributed by atoms with van der Waals surface area (Å²) in [5, 5.41) is 0. The number of nitrogens with zero attached hydrogens (tertiary/aromatic N) is 1. The SMILES string of the molecule is c1cc[n+]2c(c1)CCO[SiH2]2. The number of pyridine rings is 1. The van der Waals surface area contributed by atoms with E-state index >= 15 is 0 Å². The van der Waals surface area contributed by atoms with E-state index in [9.17, 15) is 0 Å². The van der Waals surface area contributed by atoms with Gasteiger partial charge in [0.25, 0.3) is 0 Å². The average molecular weight is 152 g/mol. The van der Waals surface area contributed by atoms with Gasteiger partial charge in [-0.15, -0.1) is 0 Å². The van der Waals surface area contributed by atoms with Crippen molar-refractivity contribution in [2.75, 3.05) is 6.61 Å². The largest absolute Gasteiger partial charge is 0.487 e. The minimum Gasteiger partial charge on any atom is -0.367 e. The topological polar surface area (TPSA) is 13.1 Å². The maximum Gasteiger partial charge on any atom is 0.487 e. The molecular weight excluding hydrogens is 142 g/mol. The van der Waals surface area contributed by atoms with Crippen molar-refractivity contribution in [1.29, 1.82) is 0 Å². The van der Waals surface area contributed by atoms with E-state index in [4.69, 9.17) is 4.43 Å². The molecule has 2 rings (SSSR count). The van der Waals surface area contributed by atoms with Crippen LogP contribution >= 0.6 is 0 Å². The highest BCUT2D eigenvalue weighted by molar-refractivity contribution is 6.15. The summed E-state index contributed by atoms with van der Waals surface area (Å²) in [6.45, 7) is 0.927. The normalized spacial score (nSPS) is 18.8. The lowest BCUT2D eigenvalue weighted by Gasteiger charge is -2.08. The van der Waals surface area contributed by atoms with Crippen LogP contribution in [0.15, 0.2) is 24.4 Å². The third-order valence-electron chi connectivity index (χ3n) is 1.77. The van der Waals surface area contributed by atoms with Gasteiger partial charge < -0.3 is 4.43 Å². The van der Waals surface area contributed by atoms with Crippen LogP contribution in [-0.2, 0) is 10.8 Å². The van der Waals surface area contributed by atoms with Gasteiger partial charge in [0.15, 0.2) is 5.69 Å². The Morgan fingerprint density at radius 1 is 1.50 bits per heavy atom. The lowest BCUT2D eigenvalue weighted by Crippen LogP contribution is -2.48. The second-order valence-electron chi connectivity index (χ2n) is 2.45. The molecule has 0 saturated heterocycles. The van der Waals surface area contributed by atoms with Gasteiger partial charge in [-0.2, -0.15) is 0 Å². The molecule has 1 aromatic rings. The second-order valence-corrected chi connectivity index (χ2v) is 3.80. The number of hydrogen-bond donors (Lipinski definition) is 0. The monoisotopic (exact) mass is 152 g/mol. The molecule has 0 bridgehead atoms. The predicted octanol–water partition coefficient (Wildman–Crippen LogP) is -0.606. The molecular formula is C7H10NOSi+. The molecule has 0 saturated carbocycles. The van der Waals surface area contributed by atoms with E-state index in [0.29, 0.717) is 0 Å². The molecule has 0 radical (unpaired) electrons. The second kappa shape index (κ2) is 2.52. The first-order valence-corrected chi connectivity index (χ1v) is 4.73. The summed E-state index contributed by atoms with van der Waals surface area (Å²) in [5.41, 5.74) is 1.43. The van der Waals surface area contributed by atoms with E-state index in [2.05, 4.69) is 28.6 Å². The third-order valence-corrected chi connectivity index (χ3v) is 3.13. The standard InChI is InChI=1S/C7H10NOSi/c1-2-5-8-7(3-1)4-6-9-10-8/h1-3,5H,4,6,10H2/q+1. The molecule has 1 aliphatic heterocycles. The van der Waals surface area contributed by atoms with Gasteiger partial charge in [-0.05, 0) is 0 Å². The van der Waals surface area contributed by atoms with Crippen LogP contribution in [0.5, 0.6) is 0 Å². The van der Waals surface area contributed by atoms with Crippen molar-refractivity contribution in [3.63, 3.8) is 0 Å². The summed E-state index contributed by atoms with van der Waals surface area (Å²) in [4.78, 5) is 0. The molecule has 1 aromatic heterocycles. The highest BCUT2D eigenvalue weighted by Gasteiger charge is 2.14. The fourth-order valence-electron chi connectivity index (χ4n) is 1.20. The maximum absolute atomic E-state index is 5.40. The van der Waals surface area contributed by atoms with Crippen molar-refractivity contribution in [3.8, 4) is 0 Å². The molecule has 0 amide bonds. The van der Waals surface area contributed by atoms with Crippen LogP contribution in [0.1, 0.15) is 5.69 Å². The van der Waals surface area contributed by atoms with Crippen molar-refractivity contribution >= 4 is 9.92 Å². The Balaban J connectivity index is 2.41. The van der Waals surface area contributed by atoms with Crippen molar-refractivity contribution in [2.24, 2.45) is 0 Å². The average Bonchev–Trinajstić information content (AvgIpc) is 2.05. The van der Waals surface area contributed by atoms with Crippen LogP contribution in [0, 0.1) is 0 Å². The molecule has 0 aliphatic carbocycles. The van der Waals surface area contributed by atoms with Crippen LogP contribution in [0.4, 0.5) is 0 Å². The summed E-state index contributed by atoms with van der Waals surface area (Å²) >= 11 is 0. The highest BCUT2D eigenvalue weighted by Crippen LogP contribution is 1.96. The van der Waals surface area contributed by atoms with Crippen molar-refractivity contribution in [2.45, 2.75) is 6.42 Å². The zero-order valence-electron chi connectivity index (χ0n) is 5.79. The van der Waals surface area contributed by atoms with Crippen LogP contribution in [0.2, 0.25) is 0 Å². The number of hydrogen-bond acceptors (Lipinski definition) is 1. The molecule has 0 atom stereocenters. The summed E-state index contributed by atoms with van der Waals surface area (Å²) in [6, 6.07) is 6.33. The van der Waals surface area contributed by atoms with Crippen LogP contribution < -0.4 is 4.23 Å². The fourth-order valence-corrected chi connectivity index (χ4v) is 2.31. The van der Waals surface area contributed by atoms with E-state index in [-0.39, 0.29) is 0 Å².